The minimum absolute atomic E-state index is 0.118. The molecule has 0 N–H and O–H groups in total. The number of esters is 2. The second-order valence-electron chi connectivity index (χ2n) is 20.2. The molecule has 0 amide bonds. The lowest BCUT2D eigenvalue weighted by Gasteiger charge is -2.18. The molecule has 0 heterocycles. The summed E-state index contributed by atoms with van der Waals surface area (Å²) < 4.78 is 17.5. The average Bonchev–Trinajstić information content (AvgIpc) is 3.36. The van der Waals surface area contributed by atoms with Crippen molar-refractivity contribution in [3.8, 4) is 0 Å². The van der Waals surface area contributed by atoms with Gasteiger partial charge in [-0.15, -0.1) is 0 Å². The van der Waals surface area contributed by atoms with E-state index < -0.39 is 6.10 Å². The second-order valence-corrected chi connectivity index (χ2v) is 20.2. The van der Waals surface area contributed by atoms with E-state index in [1.165, 1.54) is 212 Å². The number of carbonyl (C=O) groups excluding carboxylic acids is 2. The average molecular weight is 978 g/mol. The molecule has 5 heteroatoms. The molecule has 0 aliphatic heterocycles. The second kappa shape index (κ2) is 60.6. The third kappa shape index (κ3) is 57.9. The Kier molecular flexibility index (Phi) is 58.3. The first-order valence-corrected chi connectivity index (χ1v) is 30.5. The number of ether oxygens (including phenoxy) is 3. The summed E-state index contributed by atoms with van der Waals surface area (Å²) in [4.78, 5) is 25.3. The Morgan fingerprint density at radius 2 is 0.571 bits per heavy atom. The van der Waals surface area contributed by atoms with Crippen molar-refractivity contribution in [2.24, 2.45) is 0 Å². The van der Waals surface area contributed by atoms with E-state index in [1.54, 1.807) is 0 Å². The van der Waals surface area contributed by atoms with E-state index in [2.05, 4.69) is 93.7 Å². The number of rotatable bonds is 56. The van der Waals surface area contributed by atoms with Crippen LogP contribution in [0.1, 0.15) is 303 Å². The first-order chi connectivity index (χ1) is 34.6. The maximum Gasteiger partial charge on any atom is 0.306 e. The summed E-state index contributed by atoms with van der Waals surface area (Å²) in [7, 11) is 0. The predicted octanol–water partition coefficient (Wildman–Crippen LogP) is 21.0. The normalized spacial score (nSPS) is 12.7. The number of carbonyl (C=O) groups is 2. The Morgan fingerprint density at radius 1 is 0.300 bits per heavy atom. The molecule has 0 bridgehead atoms. The van der Waals surface area contributed by atoms with Crippen molar-refractivity contribution in [1.29, 1.82) is 0 Å². The summed E-state index contributed by atoms with van der Waals surface area (Å²) in [6.45, 7) is 7.66. The molecule has 0 fully saturated rings. The minimum atomic E-state index is -0.432. The fourth-order valence-electron chi connectivity index (χ4n) is 8.64. The predicted molar refractivity (Wildman–Crippen MR) is 307 cm³/mol. The van der Waals surface area contributed by atoms with Gasteiger partial charge in [0.25, 0.3) is 0 Å². The van der Waals surface area contributed by atoms with Crippen LogP contribution in [0.4, 0.5) is 0 Å². The first kappa shape index (κ1) is 67.3. The van der Waals surface area contributed by atoms with Crippen LogP contribution in [-0.2, 0) is 23.8 Å². The molecule has 0 aromatic rings. The van der Waals surface area contributed by atoms with E-state index in [-0.39, 0.29) is 25.2 Å². The smallest absolute Gasteiger partial charge is 0.306 e. The van der Waals surface area contributed by atoms with Crippen molar-refractivity contribution < 1.29 is 23.8 Å². The van der Waals surface area contributed by atoms with Gasteiger partial charge in [0, 0.05) is 19.4 Å². The van der Waals surface area contributed by atoms with Gasteiger partial charge < -0.3 is 14.2 Å². The number of allylic oxidation sites excluding steroid dienone is 12. The Morgan fingerprint density at radius 3 is 0.971 bits per heavy atom. The molecule has 0 rings (SSSR count). The Balaban J connectivity index is 4.34. The number of hydrogen-bond donors (Lipinski definition) is 0. The summed E-state index contributed by atoms with van der Waals surface area (Å²) in [5, 5.41) is 0. The molecular weight excluding hydrogens is 861 g/mol. The lowest BCUT2D eigenvalue weighted by Crippen LogP contribution is -2.29. The van der Waals surface area contributed by atoms with Crippen molar-refractivity contribution in [3.63, 3.8) is 0 Å². The van der Waals surface area contributed by atoms with Crippen LogP contribution in [-0.4, -0.2) is 37.9 Å². The van der Waals surface area contributed by atoms with Gasteiger partial charge in [-0.05, 0) is 83.5 Å². The van der Waals surface area contributed by atoms with Gasteiger partial charge in [0.2, 0.25) is 0 Å². The summed E-state index contributed by atoms with van der Waals surface area (Å²) in [5.41, 5.74) is 0. The topological polar surface area (TPSA) is 61.8 Å². The van der Waals surface area contributed by atoms with Gasteiger partial charge in [0.1, 0.15) is 19.3 Å². The molecule has 5 nitrogen and oxygen atoms in total. The number of hydrogen-bond acceptors (Lipinski definition) is 5. The first-order valence-electron chi connectivity index (χ1n) is 30.5. The van der Waals surface area contributed by atoms with Crippen LogP contribution in [0.2, 0.25) is 0 Å². The summed E-state index contributed by atoms with van der Waals surface area (Å²) in [5.74, 6) is -0.418. The fourth-order valence-corrected chi connectivity index (χ4v) is 8.64. The van der Waals surface area contributed by atoms with Crippen molar-refractivity contribution in [2.45, 2.75) is 309 Å². The van der Waals surface area contributed by atoms with E-state index >= 15 is 0 Å². The molecule has 0 aliphatic carbocycles. The zero-order valence-electron chi connectivity index (χ0n) is 46.8. The molecule has 0 aromatic carbocycles. The van der Waals surface area contributed by atoms with E-state index in [4.69, 9.17) is 14.2 Å². The number of unbranched alkanes of at least 4 members (excludes halogenated alkanes) is 33. The van der Waals surface area contributed by atoms with Gasteiger partial charge in [0.15, 0.2) is 0 Å². The molecule has 1 atom stereocenters. The maximum absolute atomic E-state index is 12.7. The van der Waals surface area contributed by atoms with Crippen LogP contribution in [0.5, 0.6) is 0 Å². The zero-order chi connectivity index (χ0) is 50.6. The van der Waals surface area contributed by atoms with E-state index in [0.29, 0.717) is 25.9 Å². The molecule has 0 spiro atoms. The Hall–Kier alpha value is -2.66. The molecule has 0 saturated heterocycles. The van der Waals surface area contributed by atoms with E-state index in [1.807, 2.05) is 0 Å². The summed E-state index contributed by atoms with van der Waals surface area (Å²) >= 11 is 0. The highest BCUT2D eigenvalue weighted by Gasteiger charge is 2.16. The molecule has 0 aromatic heterocycles. The van der Waals surface area contributed by atoms with Crippen molar-refractivity contribution in [3.05, 3.63) is 72.9 Å². The third-order valence-corrected chi connectivity index (χ3v) is 13.3. The van der Waals surface area contributed by atoms with Gasteiger partial charge in [-0.2, -0.15) is 0 Å². The highest BCUT2D eigenvalue weighted by atomic mass is 16.6. The summed E-state index contributed by atoms with van der Waals surface area (Å²) in [6.07, 6.45) is 79.6. The molecule has 0 saturated carbocycles. The zero-order valence-corrected chi connectivity index (χ0v) is 46.8. The van der Waals surface area contributed by atoms with Gasteiger partial charge in [0.05, 0.1) is 0 Å². The van der Waals surface area contributed by atoms with Crippen LogP contribution in [0.15, 0.2) is 72.9 Å². The van der Waals surface area contributed by atoms with Crippen molar-refractivity contribution in [1.82, 2.24) is 0 Å². The highest BCUT2D eigenvalue weighted by molar-refractivity contribution is 5.70. The van der Waals surface area contributed by atoms with Gasteiger partial charge in [-0.1, -0.05) is 280 Å². The standard InChI is InChI=1S/C65H116O5/c1-4-7-10-13-16-19-22-25-28-31-33-35-37-40-43-46-49-52-55-58-64(66)69-61-63(68-60-57-54-51-48-45-42-39-30-27-24-21-18-15-12-9-6-3)62-70-65(67)59-56-53-50-47-44-41-38-36-34-32-29-26-23-20-17-14-11-8-5-2/h16,19,25-26,28-29,33,35,40,43,49,52,63H,4-15,17-18,20-24,27,30-32,34,36-39,41-42,44-48,50-51,53-62H2,1-3H3/b19-16-,28-25-,29-26-,35-33-,43-40-,52-49-/t63-/m1/s1. The molecule has 406 valence electrons. The highest BCUT2D eigenvalue weighted by Crippen LogP contribution is 2.16. The Labute approximate surface area is 436 Å². The molecule has 0 aliphatic rings. The summed E-state index contributed by atoms with van der Waals surface area (Å²) in [6, 6.07) is 0. The largest absolute Gasteiger partial charge is 0.463 e. The third-order valence-electron chi connectivity index (χ3n) is 13.3. The van der Waals surface area contributed by atoms with Crippen molar-refractivity contribution in [2.75, 3.05) is 19.8 Å². The van der Waals surface area contributed by atoms with Crippen LogP contribution in [0.25, 0.3) is 0 Å². The van der Waals surface area contributed by atoms with Crippen LogP contribution in [0, 0.1) is 0 Å². The van der Waals surface area contributed by atoms with Gasteiger partial charge in [-0.25, -0.2) is 0 Å². The van der Waals surface area contributed by atoms with Gasteiger partial charge in [-0.3, -0.25) is 9.59 Å². The maximum atomic E-state index is 12.7. The molecule has 0 unspecified atom stereocenters. The fraction of sp³-hybridized carbons (Fsp3) is 0.785. The van der Waals surface area contributed by atoms with Crippen molar-refractivity contribution >= 4 is 11.9 Å². The lowest BCUT2D eigenvalue weighted by atomic mass is 10.0. The SMILES string of the molecule is CCCCC/C=C\C/C=C\C/C=C\C/C=C\C/C=C\CCC(=O)OC[C@H](COC(=O)CCCCCCCCCCC/C=C\CCCCCCCC)OCCCCCCCCCCCCCCCCCC. The van der Waals surface area contributed by atoms with E-state index in [9.17, 15) is 9.59 Å². The molecule has 70 heavy (non-hydrogen) atoms. The van der Waals surface area contributed by atoms with E-state index in [0.717, 1.165) is 51.4 Å². The lowest BCUT2D eigenvalue weighted by molar-refractivity contribution is -0.155. The monoisotopic (exact) mass is 977 g/mol. The van der Waals surface area contributed by atoms with Crippen LogP contribution < -0.4 is 0 Å². The molecule has 0 radical (unpaired) electrons. The van der Waals surface area contributed by atoms with Crippen LogP contribution >= 0.6 is 0 Å². The van der Waals surface area contributed by atoms with Gasteiger partial charge >= 0.3 is 11.9 Å². The Bertz CT molecular complexity index is 1240. The quantitative estimate of drug-likeness (QED) is 0.0345. The molecular formula is C65H116O5. The van der Waals surface area contributed by atoms with Crippen LogP contribution in [0.3, 0.4) is 0 Å². The minimum Gasteiger partial charge on any atom is -0.463 e.